The van der Waals surface area contributed by atoms with Gasteiger partial charge >= 0.3 is 0 Å². The fourth-order valence-corrected chi connectivity index (χ4v) is 4.39. The van der Waals surface area contributed by atoms with Crippen LogP contribution in [0.4, 0.5) is 4.39 Å². The van der Waals surface area contributed by atoms with Gasteiger partial charge in [-0.1, -0.05) is 41.9 Å². The number of halogens is 2. The van der Waals surface area contributed by atoms with Crippen molar-refractivity contribution in [2.24, 2.45) is 5.92 Å². The van der Waals surface area contributed by atoms with E-state index >= 15 is 0 Å². The molecule has 0 spiro atoms. The Hall–Kier alpha value is -1.56. The number of benzene rings is 2. The highest BCUT2D eigenvalue weighted by Crippen LogP contribution is 2.20. The maximum absolute atomic E-state index is 13.9. The number of amides is 1. The summed E-state index contributed by atoms with van der Waals surface area (Å²) in [6, 6.07) is 14.7. The molecule has 1 amide bonds. The Labute approximate surface area is 175 Å². The largest absolute Gasteiger partial charge is 0.355 e. The van der Waals surface area contributed by atoms with Crippen LogP contribution in [0, 0.1) is 11.7 Å². The van der Waals surface area contributed by atoms with Crippen molar-refractivity contribution in [1.29, 1.82) is 0 Å². The minimum atomic E-state index is -0.174. The fraction of sp³-hybridized carbons (Fsp3) is 0.409. The van der Waals surface area contributed by atoms with Crippen molar-refractivity contribution in [2.45, 2.75) is 25.1 Å². The normalized spacial score (nSPS) is 17.4. The van der Waals surface area contributed by atoms with Crippen LogP contribution >= 0.6 is 23.4 Å². The number of likely N-dealkylation sites (tertiary alicyclic amines) is 1. The number of hydrogen-bond acceptors (Lipinski definition) is 3. The van der Waals surface area contributed by atoms with Gasteiger partial charge in [-0.15, -0.1) is 0 Å². The van der Waals surface area contributed by atoms with Crippen molar-refractivity contribution in [1.82, 2.24) is 10.2 Å². The highest BCUT2D eigenvalue weighted by molar-refractivity contribution is 7.98. The first-order valence-corrected chi connectivity index (χ1v) is 11.2. The molecule has 3 nitrogen and oxygen atoms in total. The van der Waals surface area contributed by atoms with Crippen molar-refractivity contribution >= 4 is 29.3 Å². The zero-order chi connectivity index (χ0) is 19.8. The molecule has 2 aromatic carbocycles. The van der Waals surface area contributed by atoms with Gasteiger partial charge in [-0.05, 0) is 43.1 Å². The molecule has 3 rings (SSSR count). The Morgan fingerprint density at radius 2 is 2.00 bits per heavy atom. The van der Waals surface area contributed by atoms with Gasteiger partial charge in [0.25, 0.3) is 0 Å². The first-order valence-electron chi connectivity index (χ1n) is 9.67. The molecular formula is C22H26ClFN2OS. The van der Waals surface area contributed by atoms with E-state index in [1.165, 1.54) is 11.6 Å². The summed E-state index contributed by atoms with van der Waals surface area (Å²) in [5.41, 5.74) is 1.93. The SMILES string of the molecule is O=C(NCCSCc1ccc(Cl)cc1)C1CCCN(Cc2ccccc2F)C1. The summed E-state index contributed by atoms with van der Waals surface area (Å²) >= 11 is 7.69. The molecule has 1 unspecified atom stereocenters. The smallest absolute Gasteiger partial charge is 0.224 e. The van der Waals surface area contributed by atoms with E-state index < -0.39 is 0 Å². The van der Waals surface area contributed by atoms with Crippen LogP contribution in [0.15, 0.2) is 48.5 Å². The Morgan fingerprint density at radius 3 is 2.79 bits per heavy atom. The minimum Gasteiger partial charge on any atom is -0.355 e. The summed E-state index contributed by atoms with van der Waals surface area (Å²) in [7, 11) is 0. The molecule has 1 aliphatic rings. The van der Waals surface area contributed by atoms with E-state index in [0.29, 0.717) is 25.2 Å². The standard InChI is InChI=1S/C22H26ClFN2OS/c23-20-9-7-17(8-10-20)16-28-13-11-25-22(27)19-5-3-12-26(15-19)14-18-4-1-2-6-21(18)24/h1-2,4,6-10,19H,3,5,11-16H2,(H,25,27). The molecular weight excluding hydrogens is 395 g/mol. The molecule has 0 aromatic heterocycles. The summed E-state index contributed by atoms with van der Waals surface area (Å²) in [5, 5.41) is 3.81. The number of thioether (sulfide) groups is 1. The zero-order valence-corrected chi connectivity index (χ0v) is 17.4. The third kappa shape index (κ3) is 6.50. The number of carbonyl (C=O) groups excluding carboxylic acids is 1. The highest BCUT2D eigenvalue weighted by atomic mass is 35.5. The van der Waals surface area contributed by atoms with Crippen molar-refractivity contribution < 1.29 is 9.18 Å². The lowest BCUT2D eigenvalue weighted by Crippen LogP contribution is -2.43. The number of nitrogens with zero attached hydrogens (tertiary/aromatic N) is 1. The van der Waals surface area contributed by atoms with Gasteiger partial charge < -0.3 is 5.32 Å². The monoisotopic (exact) mass is 420 g/mol. The lowest BCUT2D eigenvalue weighted by molar-refractivity contribution is -0.126. The number of hydrogen-bond donors (Lipinski definition) is 1. The molecule has 1 N–H and O–H groups in total. The lowest BCUT2D eigenvalue weighted by atomic mass is 9.96. The van der Waals surface area contributed by atoms with Crippen molar-refractivity contribution in [2.75, 3.05) is 25.4 Å². The van der Waals surface area contributed by atoms with Crippen molar-refractivity contribution in [3.05, 3.63) is 70.5 Å². The Morgan fingerprint density at radius 1 is 1.21 bits per heavy atom. The van der Waals surface area contributed by atoms with Crippen molar-refractivity contribution in [3.63, 3.8) is 0 Å². The van der Waals surface area contributed by atoms with Crippen LogP contribution in [0.3, 0.4) is 0 Å². The van der Waals surface area contributed by atoms with Crippen LogP contribution in [-0.4, -0.2) is 36.2 Å². The highest BCUT2D eigenvalue weighted by Gasteiger charge is 2.25. The van der Waals surface area contributed by atoms with Gasteiger partial charge in [-0.3, -0.25) is 9.69 Å². The maximum atomic E-state index is 13.9. The number of carbonyl (C=O) groups is 1. The molecule has 0 bridgehead atoms. The quantitative estimate of drug-likeness (QED) is 0.626. The molecule has 0 saturated carbocycles. The molecule has 28 heavy (non-hydrogen) atoms. The summed E-state index contributed by atoms with van der Waals surface area (Å²) in [6.45, 7) is 2.83. The third-order valence-electron chi connectivity index (χ3n) is 4.96. The van der Waals surface area contributed by atoms with Gasteiger partial charge in [0, 0.05) is 41.7 Å². The molecule has 1 fully saturated rings. The minimum absolute atomic E-state index is 0.0122. The van der Waals surface area contributed by atoms with Gasteiger partial charge in [-0.2, -0.15) is 11.8 Å². The first-order chi connectivity index (χ1) is 13.6. The van der Waals surface area contributed by atoms with Crippen LogP contribution < -0.4 is 5.32 Å². The molecule has 2 aromatic rings. The first kappa shape index (κ1) is 21.2. The lowest BCUT2D eigenvalue weighted by Gasteiger charge is -2.32. The van der Waals surface area contributed by atoms with Crippen LogP contribution in [0.25, 0.3) is 0 Å². The predicted molar refractivity (Wildman–Crippen MR) is 115 cm³/mol. The van der Waals surface area contributed by atoms with E-state index in [4.69, 9.17) is 11.6 Å². The molecule has 0 radical (unpaired) electrons. The summed E-state index contributed by atoms with van der Waals surface area (Å²) in [5.74, 6) is 1.71. The van der Waals surface area contributed by atoms with Gasteiger partial charge in [0.1, 0.15) is 5.82 Å². The maximum Gasteiger partial charge on any atom is 0.224 e. The van der Waals surface area contributed by atoms with Crippen LogP contribution in [0.2, 0.25) is 5.02 Å². The molecule has 1 atom stereocenters. The second-order valence-corrected chi connectivity index (χ2v) is 8.68. The summed E-state index contributed by atoms with van der Waals surface area (Å²) < 4.78 is 13.9. The van der Waals surface area contributed by atoms with Crippen LogP contribution in [-0.2, 0) is 17.1 Å². The topological polar surface area (TPSA) is 32.3 Å². The van der Waals surface area contributed by atoms with Crippen LogP contribution in [0.1, 0.15) is 24.0 Å². The average molecular weight is 421 g/mol. The third-order valence-corrected chi connectivity index (χ3v) is 6.24. The van der Waals surface area contributed by atoms with E-state index in [1.54, 1.807) is 17.8 Å². The molecule has 6 heteroatoms. The Bertz CT molecular complexity index is 771. The fourth-order valence-electron chi connectivity index (χ4n) is 3.44. The molecule has 1 aliphatic heterocycles. The molecule has 150 valence electrons. The van der Waals surface area contributed by atoms with Gasteiger partial charge in [0.15, 0.2) is 0 Å². The van der Waals surface area contributed by atoms with E-state index in [-0.39, 0.29) is 17.6 Å². The number of rotatable bonds is 8. The van der Waals surface area contributed by atoms with Gasteiger partial charge in [0.2, 0.25) is 5.91 Å². The second kappa shape index (κ2) is 10.8. The summed E-state index contributed by atoms with van der Waals surface area (Å²) in [4.78, 5) is 14.7. The van der Waals surface area contributed by atoms with E-state index in [9.17, 15) is 9.18 Å². The number of piperidine rings is 1. The van der Waals surface area contributed by atoms with Crippen molar-refractivity contribution in [3.8, 4) is 0 Å². The number of nitrogens with one attached hydrogen (secondary N) is 1. The van der Waals surface area contributed by atoms with Gasteiger partial charge in [-0.25, -0.2) is 4.39 Å². The van der Waals surface area contributed by atoms with E-state index in [0.717, 1.165) is 35.9 Å². The van der Waals surface area contributed by atoms with Gasteiger partial charge in [0.05, 0.1) is 5.92 Å². The molecule has 1 saturated heterocycles. The molecule has 0 aliphatic carbocycles. The summed E-state index contributed by atoms with van der Waals surface area (Å²) in [6.07, 6.45) is 1.87. The zero-order valence-electron chi connectivity index (χ0n) is 15.9. The Kier molecular flexibility index (Phi) is 8.19. The van der Waals surface area contributed by atoms with E-state index in [1.807, 2.05) is 36.4 Å². The Balaban J connectivity index is 1.36. The second-order valence-electron chi connectivity index (χ2n) is 7.14. The molecule has 1 heterocycles. The van der Waals surface area contributed by atoms with Crippen LogP contribution in [0.5, 0.6) is 0 Å². The average Bonchev–Trinajstić information content (AvgIpc) is 2.71. The van der Waals surface area contributed by atoms with E-state index in [2.05, 4.69) is 10.2 Å². The predicted octanol–water partition coefficient (Wildman–Crippen LogP) is 4.74.